The smallest absolute Gasteiger partial charge is 0.276 e. The molecule has 3 aromatic rings. The first-order valence-corrected chi connectivity index (χ1v) is 5.92. The Hall–Kier alpha value is -2.96. The van der Waals surface area contributed by atoms with Gasteiger partial charge in [-0.25, -0.2) is 9.20 Å². The molecule has 0 fully saturated rings. The van der Waals surface area contributed by atoms with Crippen molar-refractivity contribution in [3.63, 3.8) is 0 Å². The number of carbonyl (C=O) groups is 1. The van der Waals surface area contributed by atoms with Crippen molar-refractivity contribution >= 4 is 17.1 Å². The molecule has 0 bridgehead atoms. The molecule has 100 valence electrons. The fourth-order valence-corrected chi connectivity index (χ4v) is 1.82. The fraction of sp³-hybridized carbons (Fsp3) is 0.0769. The van der Waals surface area contributed by atoms with E-state index in [4.69, 9.17) is 0 Å². The van der Waals surface area contributed by atoms with Gasteiger partial charge in [0.15, 0.2) is 0 Å². The molecular formula is C13H11N5O2. The van der Waals surface area contributed by atoms with Crippen LogP contribution < -0.4 is 10.9 Å². The van der Waals surface area contributed by atoms with Gasteiger partial charge in [0.05, 0.1) is 5.52 Å². The van der Waals surface area contributed by atoms with Crippen molar-refractivity contribution in [3.05, 3.63) is 58.8 Å². The lowest BCUT2D eigenvalue weighted by Gasteiger charge is -2.05. The first-order chi connectivity index (χ1) is 9.63. The maximum Gasteiger partial charge on any atom is 0.276 e. The second-order valence-corrected chi connectivity index (χ2v) is 4.25. The Morgan fingerprint density at radius 1 is 1.25 bits per heavy atom. The van der Waals surface area contributed by atoms with Crippen molar-refractivity contribution in [2.45, 2.75) is 0 Å². The molecule has 0 aliphatic heterocycles. The van der Waals surface area contributed by atoms with Crippen LogP contribution in [-0.2, 0) is 7.05 Å². The number of fused-ring (bicyclic) bond motifs is 1. The zero-order valence-electron chi connectivity index (χ0n) is 10.6. The van der Waals surface area contributed by atoms with E-state index >= 15 is 0 Å². The average Bonchev–Trinajstić information content (AvgIpc) is 2.89. The van der Waals surface area contributed by atoms with Crippen molar-refractivity contribution in [2.24, 2.45) is 7.05 Å². The predicted molar refractivity (Wildman–Crippen MR) is 72.6 cm³/mol. The van der Waals surface area contributed by atoms with Crippen LogP contribution in [0.3, 0.4) is 0 Å². The highest BCUT2D eigenvalue weighted by Gasteiger charge is 2.09. The number of aryl methyl sites for hydroxylation is 1. The lowest BCUT2D eigenvalue weighted by molar-refractivity contribution is 0.102. The second kappa shape index (κ2) is 4.61. The molecule has 0 saturated heterocycles. The molecule has 1 N–H and O–H groups in total. The minimum Gasteiger partial charge on any atom is -0.320 e. The minimum absolute atomic E-state index is 0.181. The molecule has 3 rings (SSSR count). The molecule has 0 spiro atoms. The molecule has 3 heterocycles. The van der Waals surface area contributed by atoms with Gasteiger partial charge in [-0.1, -0.05) is 0 Å². The lowest BCUT2D eigenvalue weighted by atomic mass is 10.3. The van der Waals surface area contributed by atoms with Gasteiger partial charge in [0.2, 0.25) is 0 Å². The molecular weight excluding hydrogens is 258 g/mol. The van der Waals surface area contributed by atoms with Gasteiger partial charge in [-0.15, -0.1) is 0 Å². The van der Waals surface area contributed by atoms with Crippen molar-refractivity contribution < 1.29 is 4.79 Å². The van der Waals surface area contributed by atoms with Crippen LogP contribution in [-0.4, -0.2) is 25.3 Å². The molecule has 0 unspecified atom stereocenters. The van der Waals surface area contributed by atoms with E-state index in [1.807, 2.05) is 6.07 Å². The number of hydrogen-bond acceptors (Lipinski definition) is 4. The molecule has 0 aromatic carbocycles. The summed E-state index contributed by atoms with van der Waals surface area (Å²) in [6, 6.07) is 8.07. The van der Waals surface area contributed by atoms with Crippen molar-refractivity contribution in [1.82, 2.24) is 19.4 Å². The largest absolute Gasteiger partial charge is 0.320 e. The molecule has 7 nitrogen and oxygen atoms in total. The van der Waals surface area contributed by atoms with Gasteiger partial charge < -0.3 is 5.32 Å². The van der Waals surface area contributed by atoms with E-state index in [1.54, 1.807) is 29.0 Å². The number of amides is 1. The monoisotopic (exact) mass is 269 g/mol. The summed E-state index contributed by atoms with van der Waals surface area (Å²) in [5.41, 5.74) is 1.43. The minimum atomic E-state index is -0.371. The van der Waals surface area contributed by atoms with Crippen LogP contribution in [0.1, 0.15) is 10.5 Å². The summed E-state index contributed by atoms with van der Waals surface area (Å²) in [6.45, 7) is 0. The topological polar surface area (TPSA) is 81.3 Å². The van der Waals surface area contributed by atoms with Crippen LogP contribution in [0, 0.1) is 0 Å². The van der Waals surface area contributed by atoms with E-state index in [0.717, 1.165) is 10.2 Å². The van der Waals surface area contributed by atoms with Gasteiger partial charge in [0, 0.05) is 31.2 Å². The van der Waals surface area contributed by atoms with Crippen LogP contribution >= 0.6 is 0 Å². The number of hydrogen-bond donors (Lipinski definition) is 1. The van der Waals surface area contributed by atoms with Gasteiger partial charge in [-0.2, -0.15) is 10.2 Å². The first kappa shape index (κ1) is 12.1. The quantitative estimate of drug-likeness (QED) is 0.741. The van der Waals surface area contributed by atoms with Crippen molar-refractivity contribution in [2.75, 3.05) is 5.32 Å². The van der Waals surface area contributed by atoms with Crippen molar-refractivity contribution in [3.8, 4) is 0 Å². The van der Waals surface area contributed by atoms with Gasteiger partial charge in [-0.3, -0.25) is 9.59 Å². The Bertz CT molecular complexity index is 849. The van der Waals surface area contributed by atoms with Crippen LogP contribution in [0.4, 0.5) is 5.69 Å². The number of pyridine rings is 1. The third kappa shape index (κ3) is 2.16. The Balaban J connectivity index is 1.87. The SMILES string of the molecule is Cn1nc(C(=O)Nc2ccn3nccc3c2)ccc1=O. The number of anilines is 1. The molecule has 0 aliphatic rings. The molecule has 20 heavy (non-hydrogen) atoms. The number of rotatable bonds is 2. The molecule has 0 saturated carbocycles. The zero-order chi connectivity index (χ0) is 14.1. The summed E-state index contributed by atoms with van der Waals surface area (Å²) in [4.78, 5) is 23.3. The van der Waals surface area contributed by atoms with E-state index in [0.29, 0.717) is 5.69 Å². The molecule has 3 aromatic heterocycles. The Morgan fingerprint density at radius 2 is 2.10 bits per heavy atom. The molecule has 7 heteroatoms. The standard InChI is InChI=1S/C13H11N5O2/c1-17-12(19)3-2-11(16-17)13(20)15-9-5-7-18-10(8-9)4-6-14-18/h2-8H,1H3,(H,15,20). The van der Waals surface area contributed by atoms with Gasteiger partial charge >= 0.3 is 0 Å². The highest BCUT2D eigenvalue weighted by Crippen LogP contribution is 2.12. The summed E-state index contributed by atoms with van der Waals surface area (Å²) >= 11 is 0. The summed E-state index contributed by atoms with van der Waals surface area (Å²) in [5.74, 6) is -0.371. The van der Waals surface area contributed by atoms with Gasteiger partial charge in [0.1, 0.15) is 5.69 Å². The average molecular weight is 269 g/mol. The maximum absolute atomic E-state index is 12.0. The molecule has 0 radical (unpaired) electrons. The number of aromatic nitrogens is 4. The van der Waals surface area contributed by atoms with E-state index in [-0.39, 0.29) is 17.2 Å². The van der Waals surface area contributed by atoms with E-state index in [2.05, 4.69) is 15.5 Å². The molecule has 0 aliphatic carbocycles. The van der Waals surface area contributed by atoms with Crippen LogP contribution in [0.5, 0.6) is 0 Å². The van der Waals surface area contributed by atoms with E-state index in [1.165, 1.54) is 19.2 Å². The maximum atomic E-state index is 12.0. The number of nitrogens with zero attached hydrogens (tertiary/aromatic N) is 4. The normalized spacial score (nSPS) is 10.7. The second-order valence-electron chi connectivity index (χ2n) is 4.25. The highest BCUT2D eigenvalue weighted by molar-refractivity contribution is 6.02. The summed E-state index contributed by atoms with van der Waals surface area (Å²) in [6.07, 6.45) is 3.43. The van der Waals surface area contributed by atoms with Gasteiger partial charge in [-0.05, 0) is 24.3 Å². The third-order valence-corrected chi connectivity index (χ3v) is 2.85. The Kier molecular flexibility index (Phi) is 2.79. The van der Waals surface area contributed by atoms with Crippen LogP contribution in [0.15, 0.2) is 47.5 Å². The summed E-state index contributed by atoms with van der Waals surface area (Å²) in [5, 5.41) is 10.7. The molecule has 1 amide bonds. The van der Waals surface area contributed by atoms with Crippen molar-refractivity contribution in [1.29, 1.82) is 0 Å². The predicted octanol–water partition coefficient (Wildman–Crippen LogP) is 0.680. The zero-order valence-corrected chi connectivity index (χ0v) is 10.6. The number of nitrogens with one attached hydrogen (secondary N) is 1. The fourth-order valence-electron chi connectivity index (χ4n) is 1.82. The van der Waals surface area contributed by atoms with Crippen LogP contribution in [0.2, 0.25) is 0 Å². The Labute approximate surface area is 113 Å². The Morgan fingerprint density at radius 3 is 2.90 bits per heavy atom. The summed E-state index contributed by atoms with van der Waals surface area (Å²) < 4.78 is 2.81. The number of carbonyl (C=O) groups excluding carboxylic acids is 1. The van der Waals surface area contributed by atoms with E-state index < -0.39 is 0 Å². The van der Waals surface area contributed by atoms with E-state index in [9.17, 15) is 9.59 Å². The first-order valence-electron chi connectivity index (χ1n) is 5.92. The molecule has 0 atom stereocenters. The third-order valence-electron chi connectivity index (χ3n) is 2.85. The lowest BCUT2D eigenvalue weighted by Crippen LogP contribution is -2.23. The summed E-state index contributed by atoms with van der Waals surface area (Å²) in [7, 11) is 1.50. The highest BCUT2D eigenvalue weighted by atomic mass is 16.2. The van der Waals surface area contributed by atoms with Crippen LogP contribution in [0.25, 0.3) is 5.52 Å². The van der Waals surface area contributed by atoms with Gasteiger partial charge in [0.25, 0.3) is 11.5 Å².